The van der Waals surface area contributed by atoms with Crippen LogP contribution < -0.4 is 5.73 Å². The normalized spacial score (nSPS) is 12.6. The Morgan fingerprint density at radius 2 is 1.73 bits per heavy atom. The number of hydrogen-bond acceptors (Lipinski definition) is 7. The van der Waals surface area contributed by atoms with Crippen LogP contribution in [0.1, 0.15) is 39.7 Å². The molecule has 1 atom stereocenters. The first-order valence-electron chi connectivity index (χ1n) is 12.1. The Bertz CT molecular complexity index is 1190. The summed E-state index contributed by atoms with van der Waals surface area (Å²) in [7, 11) is 0. The molecule has 0 aliphatic carbocycles. The highest BCUT2D eigenvalue weighted by Crippen LogP contribution is 2.14. The summed E-state index contributed by atoms with van der Waals surface area (Å²) in [6.07, 6.45) is 5.02. The predicted octanol–water partition coefficient (Wildman–Crippen LogP) is 2.87. The van der Waals surface area contributed by atoms with Crippen molar-refractivity contribution < 1.29 is 29.3 Å². The lowest BCUT2D eigenvalue weighted by atomic mass is 10.1. The molecule has 0 saturated carbocycles. The number of aliphatic hydroxyl groups excluding tert-OH is 2. The summed E-state index contributed by atoms with van der Waals surface area (Å²) in [4.78, 5) is 24.9. The second kappa shape index (κ2) is 13.1. The van der Waals surface area contributed by atoms with Crippen molar-refractivity contribution in [2.45, 2.75) is 38.6 Å². The summed E-state index contributed by atoms with van der Waals surface area (Å²) in [5.41, 5.74) is 8.60. The molecule has 8 nitrogen and oxygen atoms in total. The van der Waals surface area contributed by atoms with Crippen molar-refractivity contribution >= 4 is 17.8 Å². The van der Waals surface area contributed by atoms with Gasteiger partial charge in [0, 0.05) is 18.3 Å². The Morgan fingerprint density at radius 3 is 2.38 bits per heavy atom. The maximum Gasteiger partial charge on any atom is 0.335 e. The maximum atomic E-state index is 12.9. The zero-order chi connectivity index (χ0) is 26.8. The average molecular weight is 507 g/mol. The summed E-state index contributed by atoms with van der Waals surface area (Å²) in [5, 5.41) is 18.3. The van der Waals surface area contributed by atoms with Gasteiger partial charge in [-0.05, 0) is 37.1 Å². The van der Waals surface area contributed by atoms with Gasteiger partial charge in [0.2, 0.25) is 5.78 Å². The minimum atomic E-state index is -1.38. The van der Waals surface area contributed by atoms with Crippen LogP contribution in [-0.4, -0.2) is 58.0 Å². The number of aryl methyl sites for hydroxylation is 1. The van der Waals surface area contributed by atoms with E-state index in [-0.39, 0.29) is 19.0 Å². The van der Waals surface area contributed by atoms with E-state index in [1.54, 1.807) is 6.92 Å². The van der Waals surface area contributed by atoms with Crippen LogP contribution in [0.2, 0.25) is 0 Å². The Hall–Kier alpha value is -3.56. The molecule has 0 radical (unpaired) electrons. The molecule has 8 heteroatoms. The van der Waals surface area contributed by atoms with Crippen LogP contribution in [0, 0.1) is 6.92 Å². The number of aliphatic hydroxyl groups is 2. The van der Waals surface area contributed by atoms with Crippen molar-refractivity contribution in [1.82, 2.24) is 4.57 Å². The number of aromatic nitrogens is 1. The van der Waals surface area contributed by atoms with E-state index >= 15 is 0 Å². The average Bonchev–Trinajstić information content (AvgIpc) is 3.39. The van der Waals surface area contributed by atoms with E-state index in [4.69, 9.17) is 15.2 Å². The van der Waals surface area contributed by atoms with Crippen LogP contribution in [0.4, 0.5) is 0 Å². The van der Waals surface area contributed by atoms with Crippen molar-refractivity contribution in [3.8, 4) is 0 Å². The van der Waals surface area contributed by atoms with Crippen LogP contribution in [0.15, 0.2) is 72.9 Å². The number of nitrogens with zero attached hydrogens (tertiary/aromatic N) is 1. The topological polar surface area (TPSA) is 124 Å². The van der Waals surface area contributed by atoms with E-state index in [1.807, 2.05) is 90.5 Å². The predicted molar refractivity (Wildman–Crippen MR) is 141 cm³/mol. The third-order valence-corrected chi connectivity index (χ3v) is 5.93. The van der Waals surface area contributed by atoms with Crippen LogP contribution in [0.3, 0.4) is 0 Å². The molecule has 4 N–H and O–H groups in total. The smallest absolute Gasteiger partial charge is 0.335 e. The first-order valence-corrected chi connectivity index (χ1v) is 12.1. The number of carbonyl (C=O) groups excluding carboxylic acids is 2. The van der Waals surface area contributed by atoms with Gasteiger partial charge in [-0.25, -0.2) is 4.79 Å². The summed E-state index contributed by atoms with van der Waals surface area (Å²) in [5.74, 6) is -0.633. The number of rotatable bonds is 13. The van der Waals surface area contributed by atoms with Crippen molar-refractivity contribution in [3.63, 3.8) is 0 Å². The van der Waals surface area contributed by atoms with Crippen LogP contribution >= 0.6 is 0 Å². The largest absolute Gasteiger partial charge is 0.462 e. The molecule has 37 heavy (non-hydrogen) atoms. The number of nitrogens with two attached hydrogens (primary N) is 1. The monoisotopic (exact) mass is 506 g/mol. The van der Waals surface area contributed by atoms with Gasteiger partial charge in [0.15, 0.2) is 6.10 Å². The number of benzene rings is 2. The molecular weight excluding hydrogens is 472 g/mol. The quantitative estimate of drug-likeness (QED) is 0.241. The number of esters is 1. The molecule has 1 heterocycles. The van der Waals surface area contributed by atoms with E-state index in [0.29, 0.717) is 17.8 Å². The van der Waals surface area contributed by atoms with Gasteiger partial charge in [0.25, 0.3) is 0 Å². The standard InChI is InChI=1S/C29H34N2O6/c1-21-7-13-25(14-8-21)27(34)26-6-4-16-31(26)15-3-5-23-9-11-24(12-10-23)17-36-22(2)28(35)37-20-29(30,18-32)19-33/h3-14,16,22,32-33H,15,17-20,30H2,1-2H3/b5-3+/t22-/m1/s1. The molecule has 0 aliphatic rings. The van der Waals surface area contributed by atoms with E-state index < -0.39 is 30.8 Å². The Morgan fingerprint density at radius 1 is 1.05 bits per heavy atom. The van der Waals surface area contributed by atoms with E-state index in [0.717, 1.165) is 16.7 Å². The molecular formula is C29H34N2O6. The van der Waals surface area contributed by atoms with Crippen molar-refractivity contribution in [2.24, 2.45) is 5.73 Å². The fraction of sp³-hybridized carbons (Fsp3) is 0.310. The molecule has 0 amide bonds. The van der Waals surface area contributed by atoms with Gasteiger partial charge in [-0.15, -0.1) is 0 Å². The Labute approximate surface area is 216 Å². The highest BCUT2D eigenvalue weighted by Gasteiger charge is 2.27. The van der Waals surface area contributed by atoms with Gasteiger partial charge < -0.3 is 30.0 Å². The van der Waals surface area contributed by atoms with Crippen molar-refractivity contribution in [3.05, 3.63) is 101 Å². The fourth-order valence-corrected chi connectivity index (χ4v) is 3.42. The summed E-state index contributed by atoms with van der Waals surface area (Å²) < 4.78 is 12.5. The maximum absolute atomic E-state index is 12.9. The first-order chi connectivity index (χ1) is 17.7. The minimum Gasteiger partial charge on any atom is -0.462 e. The summed E-state index contributed by atoms with van der Waals surface area (Å²) in [6.45, 7) is 3.00. The molecule has 3 rings (SSSR count). The molecule has 0 fully saturated rings. The number of ether oxygens (including phenoxy) is 2. The Balaban J connectivity index is 1.49. The fourth-order valence-electron chi connectivity index (χ4n) is 3.42. The molecule has 0 unspecified atom stereocenters. The van der Waals surface area contributed by atoms with Crippen LogP contribution in [0.5, 0.6) is 0 Å². The van der Waals surface area contributed by atoms with Crippen molar-refractivity contribution in [2.75, 3.05) is 19.8 Å². The van der Waals surface area contributed by atoms with Gasteiger partial charge in [0.05, 0.1) is 31.1 Å². The highest BCUT2D eigenvalue weighted by molar-refractivity contribution is 6.08. The molecule has 0 aliphatic heterocycles. The van der Waals surface area contributed by atoms with Crippen LogP contribution in [0.25, 0.3) is 6.08 Å². The lowest BCUT2D eigenvalue weighted by molar-refractivity contribution is -0.159. The third-order valence-electron chi connectivity index (χ3n) is 5.93. The minimum absolute atomic E-state index is 0.00925. The molecule has 1 aromatic heterocycles. The van der Waals surface area contributed by atoms with E-state index in [2.05, 4.69) is 0 Å². The number of allylic oxidation sites excluding steroid dienone is 1. The van der Waals surface area contributed by atoms with Gasteiger partial charge >= 0.3 is 5.97 Å². The highest BCUT2D eigenvalue weighted by atomic mass is 16.6. The molecule has 0 spiro atoms. The zero-order valence-corrected chi connectivity index (χ0v) is 21.2. The molecule has 2 aromatic carbocycles. The van der Waals surface area contributed by atoms with Crippen molar-refractivity contribution in [1.29, 1.82) is 0 Å². The lowest BCUT2D eigenvalue weighted by Crippen LogP contribution is -2.52. The van der Waals surface area contributed by atoms with E-state index in [9.17, 15) is 19.8 Å². The molecule has 0 saturated heterocycles. The third kappa shape index (κ3) is 7.96. The second-order valence-electron chi connectivity index (χ2n) is 9.12. The van der Waals surface area contributed by atoms with E-state index in [1.165, 1.54) is 0 Å². The van der Waals surface area contributed by atoms with Gasteiger partial charge in [-0.2, -0.15) is 0 Å². The number of hydrogen-bond donors (Lipinski definition) is 3. The number of ketones is 1. The first kappa shape index (κ1) is 28.0. The SMILES string of the molecule is Cc1ccc(C(=O)c2cccn2C/C=C/c2ccc(CO[C@H](C)C(=O)OCC(N)(CO)CO)cc2)cc1. The number of carbonyl (C=O) groups is 2. The second-order valence-corrected chi connectivity index (χ2v) is 9.12. The molecule has 3 aromatic rings. The van der Waals surface area contributed by atoms with Gasteiger partial charge in [-0.3, -0.25) is 4.79 Å². The van der Waals surface area contributed by atoms with Gasteiger partial charge in [0.1, 0.15) is 6.61 Å². The summed E-state index contributed by atoms with van der Waals surface area (Å²) >= 11 is 0. The van der Waals surface area contributed by atoms with Crippen LogP contribution in [-0.2, 0) is 27.4 Å². The van der Waals surface area contributed by atoms with Gasteiger partial charge in [-0.1, -0.05) is 66.2 Å². The molecule has 196 valence electrons. The summed E-state index contributed by atoms with van der Waals surface area (Å²) in [6, 6.07) is 18.9. The molecule has 0 bridgehead atoms. The zero-order valence-electron chi connectivity index (χ0n) is 21.2. The Kier molecular flexibility index (Phi) is 9.93. The lowest BCUT2D eigenvalue weighted by Gasteiger charge is -2.24.